The molecule has 0 radical (unpaired) electrons. The van der Waals surface area contributed by atoms with Gasteiger partial charge < -0.3 is 5.43 Å². The number of aryl methyl sites for hydroxylation is 1. The minimum absolute atomic E-state index is 0.552. The van der Waals surface area contributed by atoms with Crippen LogP contribution in [0.2, 0.25) is 0 Å². The molecule has 4 aromatic rings. The summed E-state index contributed by atoms with van der Waals surface area (Å²) in [5, 5.41) is 4.88. The minimum Gasteiger partial charge on any atom is -0.304 e. The Kier molecular flexibility index (Phi) is 5.36. The maximum absolute atomic E-state index is 12.8. The van der Waals surface area contributed by atoms with E-state index in [0.29, 0.717) is 0 Å². The summed E-state index contributed by atoms with van der Waals surface area (Å²) in [6, 6.07) is 27.1. The molecule has 2 heterocycles. The molecular formula is C26H24N4O2S. The number of nitrogens with one attached hydrogen (secondary N) is 1. The van der Waals surface area contributed by atoms with Crippen LogP contribution in [0.5, 0.6) is 0 Å². The summed E-state index contributed by atoms with van der Waals surface area (Å²) in [7, 11) is -3.57. The molecule has 7 heteroatoms. The third-order valence-electron chi connectivity index (χ3n) is 5.66. The van der Waals surface area contributed by atoms with Gasteiger partial charge in [-0.3, -0.25) is 0 Å². The van der Waals surface area contributed by atoms with Crippen molar-refractivity contribution in [3.05, 3.63) is 114 Å². The number of nitrogens with zero attached hydrogens (tertiary/aromatic N) is 3. The lowest BCUT2D eigenvalue weighted by molar-refractivity contribution is 0.351. The Morgan fingerprint density at radius 3 is 2.12 bits per heavy atom. The molecule has 166 valence electrons. The van der Waals surface area contributed by atoms with E-state index in [1.165, 1.54) is 10.7 Å². The minimum atomic E-state index is -3.57. The monoisotopic (exact) mass is 456 g/mol. The summed E-state index contributed by atoms with van der Waals surface area (Å²) >= 11 is 0. The largest absolute Gasteiger partial charge is 0.304 e. The highest BCUT2D eigenvalue weighted by molar-refractivity contribution is 7.88. The first-order valence-corrected chi connectivity index (χ1v) is 12.5. The topological polar surface area (TPSA) is 67.2 Å². The zero-order valence-electron chi connectivity index (χ0n) is 18.4. The lowest BCUT2D eigenvalue weighted by Gasteiger charge is -2.22. The predicted molar refractivity (Wildman–Crippen MR) is 131 cm³/mol. The van der Waals surface area contributed by atoms with E-state index in [2.05, 4.69) is 5.43 Å². The smallest absolute Gasteiger partial charge is 0.228 e. The quantitative estimate of drug-likeness (QED) is 0.472. The average molecular weight is 457 g/mol. The van der Waals surface area contributed by atoms with Gasteiger partial charge >= 0.3 is 0 Å². The van der Waals surface area contributed by atoms with Crippen molar-refractivity contribution in [2.24, 2.45) is 0 Å². The van der Waals surface area contributed by atoms with Crippen molar-refractivity contribution in [3.8, 4) is 16.9 Å². The second-order valence-electron chi connectivity index (χ2n) is 8.14. The van der Waals surface area contributed by atoms with Crippen molar-refractivity contribution in [2.75, 3.05) is 6.26 Å². The third-order valence-corrected chi connectivity index (χ3v) is 6.69. The van der Waals surface area contributed by atoms with Crippen molar-refractivity contribution in [2.45, 2.75) is 13.0 Å². The summed E-state index contributed by atoms with van der Waals surface area (Å²) in [4.78, 5) is 0. The molecule has 6 nitrogen and oxygen atoms in total. The number of benzene rings is 3. The standard InChI is InChI=1S/C26H24N4O2S/c1-19-13-15-21(16-14-19)26-23(18-29(28-26)22-11-7-4-8-12-22)25-17-24(20-9-5-3-6-10-20)27-30(25)33(2,31)32/h3-18,25,27H,1-2H3/t25-/m1/s1. The number of hydrazine groups is 1. The maximum Gasteiger partial charge on any atom is 0.228 e. The second-order valence-corrected chi connectivity index (χ2v) is 10.0. The zero-order chi connectivity index (χ0) is 23.0. The Hall–Kier alpha value is -3.68. The predicted octanol–water partition coefficient (Wildman–Crippen LogP) is 4.71. The van der Waals surface area contributed by atoms with Gasteiger partial charge in [-0.25, -0.2) is 13.1 Å². The van der Waals surface area contributed by atoms with Crippen molar-refractivity contribution < 1.29 is 8.42 Å². The van der Waals surface area contributed by atoms with Gasteiger partial charge in [0.25, 0.3) is 0 Å². The molecule has 1 aliphatic heterocycles. The molecule has 0 bridgehead atoms. The Bertz CT molecular complexity index is 1410. The van der Waals surface area contributed by atoms with Crippen molar-refractivity contribution in [1.29, 1.82) is 0 Å². The van der Waals surface area contributed by atoms with E-state index in [1.807, 2.05) is 104 Å². The van der Waals surface area contributed by atoms with Gasteiger partial charge in [-0.05, 0) is 30.7 Å². The highest BCUT2D eigenvalue weighted by atomic mass is 32.2. The van der Waals surface area contributed by atoms with Crippen LogP contribution in [0.15, 0.2) is 97.2 Å². The van der Waals surface area contributed by atoms with Gasteiger partial charge in [0, 0.05) is 17.3 Å². The van der Waals surface area contributed by atoms with E-state index in [4.69, 9.17) is 5.10 Å². The molecule has 0 spiro atoms. The number of hydrogen-bond acceptors (Lipinski definition) is 4. The molecule has 1 aromatic heterocycles. The molecular weight excluding hydrogens is 432 g/mol. The maximum atomic E-state index is 12.8. The van der Waals surface area contributed by atoms with Crippen LogP contribution in [-0.2, 0) is 10.0 Å². The van der Waals surface area contributed by atoms with E-state index < -0.39 is 16.1 Å². The van der Waals surface area contributed by atoms with Crippen LogP contribution in [0.25, 0.3) is 22.6 Å². The van der Waals surface area contributed by atoms with E-state index in [1.54, 1.807) is 4.68 Å². The third kappa shape index (κ3) is 4.20. The fourth-order valence-electron chi connectivity index (χ4n) is 3.99. The summed E-state index contributed by atoms with van der Waals surface area (Å²) in [5.74, 6) is 0. The van der Waals surface area contributed by atoms with E-state index in [0.717, 1.165) is 39.3 Å². The number of aromatic nitrogens is 2. The zero-order valence-corrected chi connectivity index (χ0v) is 19.2. The Labute approximate surface area is 193 Å². The number of hydrogen-bond donors (Lipinski definition) is 1. The highest BCUT2D eigenvalue weighted by Crippen LogP contribution is 2.38. The van der Waals surface area contributed by atoms with Gasteiger partial charge in [0.2, 0.25) is 10.0 Å². The van der Waals surface area contributed by atoms with Crippen LogP contribution in [0.1, 0.15) is 22.7 Å². The van der Waals surface area contributed by atoms with Crippen LogP contribution < -0.4 is 5.43 Å². The lowest BCUT2D eigenvalue weighted by Crippen LogP contribution is -2.38. The van der Waals surface area contributed by atoms with Gasteiger partial charge in [0.1, 0.15) is 0 Å². The van der Waals surface area contributed by atoms with Crippen LogP contribution in [0, 0.1) is 6.92 Å². The fourth-order valence-corrected chi connectivity index (χ4v) is 4.84. The van der Waals surface area contributed by atoms with Crippen LogP contribution in [0.4, 0.5) is 0 Å². The van der Waals surface area contributed by atoms with Crippen molar-refractivity contribution in [3.63, 3.8) is 0 Å². The van der Waals surface area contributed by atoms with Gasteiger partial charge in [0.05, 0.1) is 29.4 Å². The van der Waals surface area contributed by atoms with Gasteiger partial charge in [-0.2, -0.15) is 5.10 Å². The normalized spacial score (nSPS) is 16.4. The Morgan fingerprint density at radius 2 is 1.48 bits per heavy atom. The lowest BCUT2D eigenvalue weighted by atomic mass is 10.0. The summed E-state index contributed by atoms with van der Waals surface area (Å²) in [6.07, 6.45) is 5.07. The Morgan fingerprint density at radius 1 is 0.848 bits per heavy atom. The van der Waals surface area contributed by atoms with Crippen molar-refractivity contribution in [1.82, 2.24) is 19.6 Å². The first-order valence-electron chi connectivity index (χ1n) is 10.7. The summed E-state index contributed by atoms with van der Waals surface area (Å²) in [6.45, 7) is 2.04. The molecule has 0 fully saturated rings. The summed E-state index contributed by atoms with van der Waals surface area (Å²) in [5.41, 5.74) is 9.28. The molecule has 0 unspecified atom stereocenters. The summed E-state index contributed by atoms with van der Waals surface area (Å²) < 4.78 is 28.6. The molecule has 5 rings (SSSR count). The molecule has 1 atom stereocenters. The molecule has 33 heavy (non-hydrogen) atoms. The molecule has 0 saturated heterocycles. The number of para-hydroxylation sites is 1. The Balaban J connectivity index is 1.69. The van der Waals surface area contributed by atoms with E-state index in [9.17, 15) is 8.42 Å². The van der Waals surface area contributed by atoms with Gasteiger partial charge in [-0.1, -0.05) is 78.4 Å². The SMILES string of the molecule is Cc1ccc(-c2nn(-c3ccccc3)cc2[C@H]2C=C(c3ccccc3)NN2S(C)(=O)=O)cc1. The molecule has 1 N–H and O–H groups in total. The van der Waals surface area contributed by atoms with Gasteiger partial charge in [-0.15, -0.1) is 4.41 Å². The van der Waals surface area contributed by atoms with Crippen LogP contribution >= 0.6 is 0 Å². The number of sulfonamides is 1. The highest BCUT2D eigenvalue weighted by Gasteiger charge is 2.36. The van der Waals surface area contributed by atoms with Gasteiger partial charge in [0.15, 0.2) is 0 Å². The van der Waals surface area contributed by atoms with Crippen LogP contribution in [-0.4, -0.2) is 28.9 Å². The van der Waals surface area contributed by atoms with Crippen molar-refractivity contribution >= 4 is 15.7 Å². The number of rotatable bonds is 5. The molecule has 0 amide bonds. The first kappa shape index (κ1) is 21.2. The molecule has 0 saturated carbocycles. The average Bonchev–Trinajstić information content (AvgIpc) is 3.46. The van der Waals surface area contributed by atoms with Crippen LogP contribution in [0.3, 0.4) is 0 Å². The second kappa shape index (κ2) is 8.35. The van der Waals surface area contributed by atoms with E-state index in [-0.39, 0.29) is 0 Å². The molecule has 0 aliphatic carbocycles. The first-order chi connectivity index (χ1) is 15.9. The fraction of sp³-hybridized carbons (Fsp3) is 0.115. The molecule has 3 aromatic carbocycles. The molecule has 1 aliphatic rings. The van der Waals surface area contributed by atoms with E-state index >= 15 is 0 Å².